The summed E-state index contributed by atoms with van der Waals surface area (Å²) in [7, 11) is 0. The van der Waals surface area contributed by atoms with Crippen LogP contribution in [0, 0.1) is 11.7 Å². The quantitative estimate of drug-likeness (QED) is 0.444. The summed E-state index contributed by atoms with van der Waals surface area (Å²) in [5.74, 6) is 0.169. The zero-order valence-corrected chi connectivity index (χ0v) is 14.0. The summed E-state index contributed by atoms with van der Waals surface area (Å²) in [6, 6.07) is 13.5. The molecule has 0 saturated carbocycles. The number of hydrogen-bond acceptors (Lipinski definition) is 0. The summed E-state index contributed by atoms with van der Waals surface area (Å²) in [5.41, 5.74) is 3.39. The molecular formula is C18H17BrClF. The number of benzene rings is 2. The third-order valence-electron chi connectivity index (χ3n) is 4.32. The summed E-state index contributed by atoms with van der Waals surface area (Å²) < 4.78 is 14.0. The summed E-state index contributed by atoms with van der Waals surface area (Å²) in [6.45, 7) is 0. The number of halogens is 3. The molecule has 2 unspecified atom stereocenters. The Kier molecular flexibility index (Phi) is 4.66. The van der Waals surface area contributed by atoms with E-state index in [0.29, 0.717) is 22.9 Å². The monoisotopic (exact) mass is 366 g/mol. The van der Waals surface area contributed by atoms with E-state index in [0.717, 1.165) is 19.3 Å². The van der Waals surface area contributed by atoms with Crippen LogP contribution in [0.15, 0.2) is 42.5 Å². The van der Waals surface area contributed by atoms with Crippen LogP contribution >= 0.6 is 27.5 Å². The van der Waals surface area contributed by atoms with Gasteiger partial charge in [-0.3, -0.25) is 0 Å². The Balaban J connectivity index is 1.90. The highest BCUT2D eigenvalue weighted by molar-refractivity contribution is 9.09. The van der Waals surface area contributed by atoms with Gasteiger partial charge in [-0.05, 0) is 54.9 Å². The van der Waals surface area contributed by atoms with Crippen LogP contribution < -0.4 is 0 Å². The van der Waals surface area contributed by atoms with Crippen LogP contribution in [-0.4, -0.2) is 0 Å². The largest absolute Gasteiger partial charge is 0.207 e. The number of rotatable bonds is 2. The fourth-order valence-electron chi connectivity index (χ4n) is 3.18. The van der Waals surface area contributed by atoms with Gasteiger partial charge in [0, 0.05) is 15.4 Å². The van der Waals surface area contributed by atoms with Crippen LogP contribution in [0.4, 0.5) is 4.39 Å². The average molecular weight is 368 g/mol. The summed E-state index contributed by atoms with van der Waals surface area (Å²) in [5, 5.41) is 0.534. The highest BCUT2D eigenvalue weighted by atomic mass is 79.9. The molecule has 110 valence electrons. The molecule has 3 rings (SSSR count). The first-order chi connectivity index (χ1) is 10.2. The van der Waals surface area contributed by atoms with E-state index in [4.69, 9.17) is 11.6 Å². The van der Waals surface area contributed by atoms with Gasteiger partial charge in [0.1, 0.15) is 5.82 Å². The van der Waals surface area contributed by atoms with Crippen molar-refractivity contribution in [3.63, 3.8) is 0 Å². The minimum absolute atomic E-state index is 0.195. The van der Waals surface area contributed by atoms with Crippen LogP contribution in [0.3, 0.4) is 0 Å². The molecule has 1 aliphatic rings. The first kappa shape index (κ1) is 15.1. The Hall–Kier alpha value is -0.860. The molecule has 2 atom stereocenters. The van der Waals surface area contributed by atoms with Crippen LogP contribution in [0.2, 0.25) is 5.02 Å². The molecular weight excluding hydrogens is 351 g/mol. The molecule has 0 amide bonds. The van der Waals surface area contributed by atoms with Gasteiger partial charge in [-0.1, -0.05) is 57.9 Å². The van der Waals surface area contributed by atoms with E-state index >= 15 is 0 Å². The maximum Gasteiger partial charge on any atom is 0.127 e. The molecule has 1 aliphatic carbocycles. The van der Waals surface area contributed by atoms with Crippen molar-refractivity contribution >= 4 is 27.5 Å². The lowest BCUT2D eigenvalue weighted by Gasteiger charge is -2.22. The second-order valence-electron chi connectivity index (χ2n) is 5.66. The van der Waals surface area contributed by atoms with Crippen molar-refractivity contribution in [3.05, 3.63) is 70.0 Å². The second kappa shape index (κ2) is 6.50. The third kappa shape index (κ3) is 3.17. The molecule has 0 saturated heterocycles. The summed E-state index contributed by atoms with van der Waals surface area (Å²) in [4.78, 5) is 0.256. The second-order valence-corrected chi connectivity index (χ2v) is 7.05. The molecule has 0 heterocycles. The van der Waals surface area contributed by atoms with E-state index in [1.54, 1.807) is 12.1 Å². The molecule has 0 fully saturated rings. The minimum Gasteiger partial charge on any atom is -0.207 e. The van der Waals surface area contributed by atoms with E-state index < -0.39 is 0 Å². The highest BCUT2D eigenvalue weighted by Gasteiger charge is 2.27. The van der Waals surface area contributed by atoms with Gasteiger partial charge in [0.15, 0.2) is 0 Å². The Morgan fingerprint density at radius 3 is 2.76 bits per heavy atom. The van der Waals surface area contributed by atoms with Gasteiger partial charge in [-0.2, -0.15) is 0 Å². The van der Waals surface area contributed by atoms with Crippen molar-refractivity contribution in [2.24, 2.45) is 5.92 Å². The molecule has 21 heavy (non-hydrogen) atoms. The minimum atomic E-state index is -0.195. The number of alkyl halides is 1. The Labute approximate surface area is 138 Å². The third-order valence-corrected chi connectivity index (χ3v) is 5.91. The number of aryl methyl sites for hydroxylation is 1. The van der Waals surface area contributed by atoms with Crippen molar-refractivity contribution in [2.45, 2.75) is 30.5 Å². The molecule has 0 nitrogen and oxygen atoms in total. The summed E-state index contributed by atoms with van der Waals surface area (Å²) >= 11 is 10.0. The molecule has 0 N–H and O–H groups in total. The zero-order chi connectivity index (χ0) is 14.8. The van der Waals surface area contributed by atoms with Crippen molar-refractivity contribution in [1.82, 2.24) is 0 Å². The number of hydrogen-bond donors (Lipinski definition) is 0. The van der Waals surface area contributed by atoms with Gasteiger partial charge in [0.05, 0.1) is 0 Å². The molecule has 0 radical (unpaired) electrons. The first-order valence-corrected chi connectivity index (χ1v) is 8.61. The van der Waals surface area contributed by atoms with Crippen molar-refractivity contribution in [2.75, 3.05) is 0 Å². The molecule has 0 aliphatic heterocycles. The molecule has 3 heteroatoms. The lowest BCUT2D eigenvalue weighted by atomic mass is 9.90. The molecule has 2 aromatic carbocycles. The SMILES string of the molecule is Fc1cccc(Cl)c1CC1CCCc2ccccc2C1Br. The Bertz CT molecular complexity index is 621. The van der Waals surface area contributed by atoms with Crippen molar-refractivity contribution in [1.29, 1.82) is 0 Å². The molecule has 0 spiro atoms. The molecule has 2 aromatic rings. The van der Waals surface area contributed by atoms with Crippen molar-refractivity contribution < 1.29 is 4.39 Å². The van der Waals surface area contributed by atoms with E-state index in [-0.39, 0.29) is 10.6 Å². The van der Waals surface area contributed by atoms with Crippen LogP contribution in [0.1, 0.15) is 34.4 Å². The fourth-order valence-corrected chi connectivity index (χ4v) is 4.32. The van der Waals surface area contributed by atoms with Gasteiger partial charge < -0.3 is 0 Å². The van der Waals surface area contributed by atoms with Gasteiger partial charge in [0.25, 0.3) is 0 Å². The van der Waals surface area contributed by atoms with E-state index in [1.807, 2.05) is 0 Å². The van der Waals surface area contributed by atoms with E-state index in [1.165, 1.54) is 17.2 Å². The first-order valence-electron chi connectivity index (χ1n) is 7.31. The maximum atomic E-state index is 14.0. The zero-order valence-electron chi connectivity index (χ0n) is 11.7. The van der Waals surface area contributed by atoms with Crippen LogP contribution in [0.5, 0.6) is 0 Å². The van der Waals surface area contributed by atoms with Gasteiger partial charge in [-0.25, -0.2) is 4.39 Å². The predicted molar refractivity (Wildman–Crippen MR) is 89.7 cm³/mol. The fraction of sp³-hybridized carbons (Fsp3) is 0.333. The summed E-state index contributed by atoms with van der Waals surface area (Å²) in [6.07, 6.45) is 3.99. The Morgan fingerprint density at radius 2 is 1.95 bits per heavy atom. The Morgan fingerprint density at radius 1 is 1.14 bits per heavy atom. The normalized spacial score (nSPS) is 21.7. The number of fused-ring (bicyclic) bond motifs is 1. The average Bonchev–Trinajstić information content (AvgIpc) is 2.63. The van der Waals surface area contributed by atoms with Gasteiger partial charge in [-0.15, -0.1) is 0 Å². The topological polar surface area (TPSA) is 0 Å². The lowest BCUT2D eigenvalue weighted by molar-refractivity contribution is 0.463. The highest BCUT2D eigenvalue weighted by Crippen LogP contribution is 2.41. The van der Waals surface area contributed by atoms with Gasteiger partial charge in [0.2, 0.25) is 0 Å². The van der Waals surface area contributed by atoms with E-state index in [9.17, 15) is 4.39 Å². The standard InChI is InChI=1S/C18H17BrClF/c19-18-13(11-15-16(20)9-4-10-17(15)21)7-3-6-12-5-1-2-8-14(12)18/h1-2,4-5,8-10,13,18H,3,6-7,11H2. The predicted octanol–water partition coefficient (Wildman–Crippen LogP) is 6.11. The lowest BCUT2D eigenvalue weighted by Crippen LogP contribution is -2.11. The van der Waals surface area contributed by atoms with Gasteiger partial charge >= 0.3 is 0 Å². The van der Waals surface area contributed by atoms with Crippen LogP contribution in [0.25, 0.3) is 0 Å². The smallest absolute Gasteiger partial charge is 0.127 e. The van der Waals surface area contributed by atoms with Crippen molar-refractivity contribution in [3.8, 4) is 0 Å². The van der Waals surface area contributed by atoms with Crippen LogP contribution in [-0.2, 0) is 12.8 Å². The van der Waals surface area contributed by atoms with E-state index in [2.05, 4.69) is 40.2 Å². The molecule has 0 bridgehead atoms. The maximum absolute atomic E-state index is 14.0. The molecule has 0 aromatic heterocycles.